The third kappa shape index (κ3) is 3.74. The number of H-pyrrole nitrogens is 1. The number of ether oxygens (including phenoxy) is 1. The molecular formula is C10H16N4O2. The van der Waals surface area contributed by atoms with Crippen molar-refractivity contribution in [3.8, 4) is 0 Å². The van der Waals surface area contributed by atoms with Crippen molar-refractivity contribution in [1.82, 2.24) is 15.5 Å². The predicted molar refractivity (Wildman–Crippen MR) is 61.0 cm³/mol. The van der Waals surface area contributed by atoms with E-state index in [1.807, 2.05) is 6.92 Å². The summed E-state index contributed by atoms with van der Waals surface area (Å²) in [4.78, 5) is 11.5. The molecule has 0 spiro atoms. The number of aromatic nitrogens is 2. The van der Waals surface area contributed by atoms with Gasteiger partial charge in [0.25, 0.3) is 5.91 Å². The number of carbonyl (C=O) groups excluding carboxylic acids is 1. The number of anilines is 1. The average molecular weight is 224 g/mol. The Morgan fingerprint density at radius 2 is 2.50 bits per heavy atom. The third-order valence-electron chi connectivity index (χ3n) is 1.79. The van der Waals surface area contributed by atoms with E-state index in [1.54, 1.807) is 0 Å². The van der Waals surface area contributed by atoms with Crippen molar-refractivity contribution in [2.24, 2.45) is 0 Å². The number of nitrogens with zero attached hydrogens (tertiary/aromatic N) is 1. The van der Waals surface area contributed by atoms with Crippen LogP contribution in [-0.4, -0.2) is 35.9 Å². The lowest BCUT2D eigenvalue weighted by Crippen LogP contribution is -2.27. The summed E-state index contributed by atoms with van der Waals surface area (Å²) in [5.74, 6) is 0.00512. The van der Waals surface area contributed by atoms with E-state index in [0.29, 0.717) is 25.3 Å². The van der Waals surface area contributed by atoms with Gasteiger partial charge in [-0.3, -0.25) is 9.89 Å². The minimum atomic E-state index is -0.259. The number of nitrogen functional groups attached to an aromatic ring is 1. The van der Waals surface area contributed by atoms with Crippen molar-refractivity contribution in [3.05, 3.63) is 23.9 Å². The fourth-order valence-corrected chi connectivity index (χ4v) is 1.06. The van der Waals surface area contributed by atoms with Crippen molar-refractivity contribution < 1.29 is 9.53 Å². The highest BCUT2D eigenvalue weighted by atomic mass is 16.5. The first-order valence-corrected chi connectivity index (χ1v) is 4.90. The number of carbonyl (C=O) groups is 1. The molecule has 0 aromatic carbocycles. The van der Waals surface area contributed by atoms with Crippen LogP contribution >= 0.6 is 0 Å². The summed E-state index contributed by atoms with van der Waals surface area (Å²) in [6.45, 7) is 6.95. The Labute approximate surface area is 93.9 Å². The molecule has 0 bridgehead atoms. The maximum atomic E-state index is 11.5. The molecule has 0 aliphatic heterocycles. The van der Waals surface area contributed by atoms with Crippen LogP contribution in [0, 0.1) is 0 Å². The van der Waals surface area contributed by atoms with Gasteiger partial charge >= 0.3 is 0 Å². The van der Waals surface area contributed by atoms with E-state index in [-0.39, 0.29) is 11.7 Å². The van der Waals surface area contributed by atoms with Crippen molar-refractivity contribution in [3.63, 3.8) is 0 Å². The van der Waals surface area contributed by atoms with Crippen LogP contribution in [-0.2, 0) is 4.74 Å². The van der Waals surface area contributed by atoms with Crippen LogP contribution < -0.4 is 11.1 Å². The molecule has 0 radical (unpaired) electrons. The van der Waals surface area contributed by atoms with Crippen molar-refractivity contribution in [2.45, 2.75) is 6.92 Å². The largest absolute Gasteiger partial charge is 0.383 e. The summed E-state index contributed by atoms with van der Waals surface area (Å²) in [6.07, 6.45) is 1.39. The fourth-order valence-electron chi connectivity index (χ4n) is 1.06. The number of hydrogen-bond acceptors (Lipinski definition) is 4. The summed E-state index contributed by atoms with van der Waals surface area (Å²) in [7, 11) is 0. The maximum absolute atomic E-state index is 11.5. The van der Waals surface area contributed by atoms with Crippen LogP contribution in [0.2, 0.25) is 0 Å². The second-order valence-corrected chi connectivity index (χ2v) is 3.46. The number of nitrogens with two attached hydrogens (primary N) is 1. The molecule has 0 atom stereocenters. The Morgan fingerprint density at radius 3 is 3.06 bits per heavy atom. The molecule has 1 heterocycles. The van der Waals surface area contributed by atoms with Crippen LogP contribution in [0.4, 0.5) is 5.82 Å². The van der Waals surface area contributed by atoms with Gasteiger partial charge in [0, 0.05) is 6.54 Å². The van der Waals surface area contributed by atoms with Gasteiger partial charge in [-0.2, -0.15) is 5.10 Å². The Kier molecular flexibility index (Phi) is 4.53. The molecule has 0 saturated carbocycles. The number of hydrogen-bond donors (Lipinski definition) is 3. The first-order valence-electron chi connectivity index (χ1n) is 4.90. The standard InChI is InChI=1S/C10H16N4O2/c1-7(2)6-16-4-3-12-10(15)8-5-13-14-9(8)11/h5H,1,3-4,6H2,2H3,(H,12,15)(H3,11,13,14). The molecule has 6 nitrogen and oxygen atoms in total. The van der Waals surface area contributed by atoms with Crippen LogP contribution in [0.25, 0.3) is 0 Å². The molecule has 1 aromatic rings. The minimum absolute atomic E-state index is 0.259. The van der Waals surface area contributed by atoms with E-state index in [4.69, 9.17) is 10.5 Å². The van der Waals surface area contributed by atoms with E-state index < -0.39 is 0 Å². The van der Waals surface area contributed by atoms with Crippen molar-refractivity contribution in [1.29, 1.82) is 0 Å². The first-order chi connectivity index (χ1) is 7.61. The Bertz CT molecular complexity index is 373. The summed E-state index contributed by atoms with van der Waals surface area (Å²) < 4.78 is 5.22. The molecule has 4 N–H and O–H groups in total. The normalized spacial score (nSPS) is 10.1. The highest BCUT2D eigenvalue weighted by Gasteiger charge is 2.10. The van der Waals surface area contributed by atoms with Gasteiger partial charge in [0.15, 0.2) is 0 Å². The number of nitrogens with one attached hydrogen (secondary N) is 2. The molecule has 6 heteroatoms. The zero-order chi connectivity index (χ0) is 12.0. The molecule has 0 aliphatic carbocycles. The average Bonchev–Trinajstić information content (AvgIpc) is 2.63. The Hall–Kier alpha value is -1.82. The minimum Gasteiger partial charge on any atom is -0.383 e. The van der Waals surface area contributed by atoms with E-state index in [9.17, 15) is 4.79 Å². The number of amides is 1. The first kappa shape index (κ1) is 12.3. The number of rotatable bonds is 6. The molecule has 16 heavy (non-hydrogen) atoms. The SMILES string of the molecule is C=C(C)COCCNC(=O)c1cn[nH]c1N. The smallest absolute Gasteiger partial charge is 0.256 e. The molecular weight excluding hydrogens is 208 g/mol. The fraction of sp³-hybridized carbons (Fsp3) is 0.400. The van der Waals surface area contributed by atoms with Crippen molar-refractivity contribution in [2.75, 3.05) is 25.5 Å². The quantitative estimate of drug-likeness (QED) is 0.479. The molecule has 0 fully saturated rings. The lowest BCUT2D eigenvalue weighted by Gasteiger charge is -2.05. The third-order valence-corrected chi connectivity index (χ3v) is 1.79. The monoisotopic (exact) mass is 224 g/mol. The zero-order valence-corrected chi connectivity index (χ0v) is 9.25. The molecule has 88 valence electrons. The van der Waals surface area contributed by atoms with E-state index in [0.717, 1.165) is 5.57 Å². The van der Waals surface area contributed by atoms with Crippen LogP contribution in [0.1, 0.15) is 17.3 Å². The maximum Gasteiger partial charge on any atom is 0.256 e. The van der Waals surface area contributed by atoms with Crippen molar-refractivity contribution >= 4 is 11.7 Å². The van der Waals surface area contributed by atoms with Crippen LogP contribution in [0.3, 0.4) is 0 Å². The summed E-state index contributed by atoms with van der Waals surface area (Å²) in [6, 6.07) is 0. The lowest BCUT2D eigenvalue weighted by molar-refractivity contribution is 0.0927. The number of aromatic amines is 1. The van der Waals surface area contributed by atoms with Gasteiger partial charge in [-0.15, -0.1) is 0 Å². The van der Waals surface area contributed by atoms with Gasteiger partial charge in [-0.1, -0.05) is 12.2 Å². The van der Waals surface area contributed by atoms with Gasteiger partial charge in [0.1, 0.15) is 11.4 Å². The van der Waals surface area contributed by atoms with E-state index in [2.05, 4.69) is 22.1 Å². The van der Waals surface area contributed by atoms with E-state index in [1.165, 1.54) is 6.20 Å². The molecule has 0 unspecified atom stereocenters. The topological polar surface area (TPSA) is 93.0 Å². The highest BCUT2D eigenvalue weighted by molar-refractivity contribution is 5.98. The lowest BCUT2D eigenvalue weighted by atomic mass is 10.3. The highest BCUT2D eigenvalue weighted by Crippen LogP contribution is 2.04. The predicted octanol–water partition coefficient (Wildman–Crippen LogP) is 0.314. The zero-order valence-electron chi connectivity index (χ0n) is 9.25. The molecule has 1 rings (SSSR count). The second kappa shape index (κ2) is 5.92. The van der Waals surface area contributed by atoms with Gasteiger partial charge in [-0.25, -0.2) is 0 Å². The Morgan fingerprint density at radius 1 is 1.75 bits per heavy atom. The second-order valence-electron chi connectivity index (χ2n) is 3.46. The van der Waals surface area contributed by atoms with E-state index >= 15 is 0 Å². The molecule has 0 aliphatic rings. The van der Waals surface area contributed by atoms with Gasteiger partial charge in [0.05, 0.1) is 19.4 Å². The molecule has 0 saturated heterocycles. The molecule has 1 amide bonds. The van der Waals surface area contributed by atoms with Crippen LogP contribution in [0.5, 0.6) is 0 Å². The molecule has 1 aromatic heterocycles. The summed E-state index contributed by atoms with van der Waals surface area (Å²) >= 11 is 0. The summed E-state index contributed by atoms with van der Waals surface area (Å²) in [5.41, 5.74) is 6.79. The van der Waals surface area contributed by atoms with Gasteiger partial charge < -0.3 is 15.8 Å². The van der Waals surface area contributed by atoms with Crippen LogP contribution in [0.15, 0.2) is 18.3 Å². The van der Waals surface area contributed by atoms with Gasteiger partial charge in [0.2, 0.25) is 0 Å². The Balaban J connectivity index is 2.21. The van der Waals surface area contributed by atoms with Gasteiger partial charge in [-0.05, 0) is 6.92 Å². The summed E-state index contributed by atoms with van der Waals surface area (Å²) in [5, 5.41) is 8.81.